The number of aromatic nitrogens is 2. The van der Waals surface area contributed by atoms with Crippen molar-refractivity contribution in [3.05, 3.63) is 76.1 Å². The lowest BCUT2D eigenvalue weighted by Crippen LogP contribution is -2.24. The molecule has 1 N–H and O–H groups in total. The summed E-state index contributed by atoms with van der Waals surface area (Å²) in [7, 11) is 0. The maximum absolute atomic E-state index is 13.7. The molecule has 0 aliphatic rings. The van der Waals surface area contributed by atoms with Crippen LogP contribution in [0.5, 0.6) is 11.6 Å². The number of pyridine rings is 2. The number of benzene rings is 1. The van der Waals surface area contributed by atoms with Crippen LogP contribution < -0.4 is 10.3 Å². The monoisotopic (exact) mass is 374 g/mol. The predicted molar refractivity (Wildman–Crippen MR) is 93.1 cm³/mol. The average Bonchev–Trinajstić information content (AvgIpc) is 2.60. The average molecular weight is 375 g/mol. The van der Waals surface area contributed by atoms with Gasteiger partial charge in [0.1, 0.15) is 12.3 Å². The number of hydrogen-bond acceptors (Lipinski definition) is 4. The third-order valence-electron chi connectivity index (χ3n) is 3.48. The van der Waals surface area contributed by atoms with Crippen molar-refractivity contribution in [1.29, 1.82) is 0 Å². The Hall–Kier alpha value is -3.19. The topological polar surface area (TPSA) is 81.4 Å². The number of nitrogens with zero attached hydrogens (tertiary/aromatic N) is 2. The molecule has 0 saturated carbocycles. The van der Waals surface area contributed by atoms with Crippen LogP contribution in [0.2, 0.25) is 5.02 Å². The van der Waals surface area contributed by atoms with Crippen molar-refractivity contribution in [2.24, 2.45) is 0 Å². The van der Waals surface area contributed by atoms with E-state index in [9.17, 15) is 14.0 Å². The zero-order valence-corrected chi connectivity index (χ0v) is 14.0. The van der Waals surface area contributed by atoms with Gasteiger partial charge in [-0.3, -0.25) is 9.59 Å². The third-order valence-corrected chi connectivity index (χ3v) is 3.69. The molecule has 2 aromatic heterocycles. The first kappa shape index (κ1) is 17.6. The summed E-state index contributed by atoms with van der Waals surface area (Å²) >= 11 is 5.64. The first-order valence-electron chi connectivity index (χ1n) is 7.44. The van der Waals surface area contributed by atoms with Crippen molar-refractivity contribution in [1.82, 2.24) is 9.55 Å². The van der Waals surface area contributed by atoms with Crippen LogP contribution >= 0.6 is 11.6 Å². The summed E-state index contributed by atoms with van der Waals surface area (Å²) in [5, 5.41) is 9.01. The maximum Gasteiger partial charge on any atom is 0.323 e. The summed E-state index contributed by atoms with van der Waals surface area (Å²) in [5.74, 6) is -1.69. The van der Waals surface area contributed by atoms with Crippen molar-refractivity contribution in [3.63, 3.8) is 0 Å². The first-order valence-corrected chi connectivity index (χ1v) is 7.82. The molecular formula is C18H12ClFN2O4. The highest BCUT2D eigenvalue weighted by molar-refractivity contribution is 6.30. The Labute approximate surface area is 152 Å². The van der Waals surface area contributed by atoms with Gasteiger partial charge in [0, 0.05) is 18.0 Å². The van der Waals surface area contributed by atoms with E-state index < -0.39 is 23.9 Å². The summed E-state index contributed by atoms with van der Waals surface area (Å²) in [6.45, 7) is -0.421. The van der Waals surface area contributed by atoms with E-state index in [1.54, 1.807) is 36.4 Å². The third kappa shape index (κ3) is 3.89. The van der Waals surface area contributed by atoms with Gasteiger partial charge in [-0.15, -0.1) is 0 Å². The lowest BCUT2D eigenvalue weighted by Gasteiger charge is -2.08. The maximum atomic E-state index is 13.7. The van der Waals surface area contributed by atoms with Gasteiger partial charge in [0.05, 0.1) is 5.02 Å². The van der Waals surface area contributed by atoms with Crippen LogP contribution in [0.3, 0.4) is 0 Å². The van der Waals surface area contributed by atoms with E-state index in [0.717, 1.165) is 10.6 Å². The van der Waals surface area contributed by atoms with Gasteiger partial charge in [-0.05, 0) is 35.9 Å². The molecule has 0 unspecified atom stereocenters. The van der Waals surface area contributed by atoms with Crippen LogP contribution in [0.4, 0.5) is 4.39 Å². The molecule has 0 amide bonds. The van der Waals surface area contributed by atoms with Gasteiger partial charge < -0.3 is 14.4 Å². The predicted octanol–water partition coefficient (Wildman–Crippen LogP) is 3.58. The van der Waals surface area contributed by atoms with E-state index in [1.807, 2.05) is 0 Å². The highest BCUT2D eigenvalue weighted by Gasteiger charge is 2.10. The zero-order valence-electron chi connectivity index (χ0n) is 13.2. The van der Waals surface area contributed by atoms with Crippen LogP contribution in [-0.4, -0.2) is 20.6 Å². The Morgan fingerprint density at radius 2 is 2.00 bits per heavy atom. The Balaban J connectivity index is 1.86. The summed E-state index contributed by atoms with van der Waals surface area (Å²) in [6, 6.07) is 10.6. The minimum absolute atomic E-state index is 0.159. The number of halogens is 2. The summed E-state index contributed by atoms with van der Waals surface area (Å²) in [4.78, 5) is 26.9. The summed E-state index contributed by atoms with van der Waals surface area (Å²) < 4.78 is 20.2. The molecule has 0 saturated heterocycles. The summed E-state index contributed by atoms with van der Waals surface area (Å²) in [6.07, 6.45) is 2.68. The van der Waals surface area contributed by atoms with E-state index in [1.165, 1.54) is 12.4 Å². The normalized spacial score (nSPS) is 10.5. The highest BCUT2D eigenvalue weighted by atomic mass is 35.5. The zero-order chi connectivity index (χ0) is 18.7. The molecule has 0 atom stereocenters. The van der Waals surface area contributed by atoms with E-state index in [-0.39, 0.29) is 10.9 Å². The van der Waals surface area contributed by atoms with Crippen LogP contribution in [0.1, 0.15) is 0 Å². The van der Waals surface area contributed by atoms with Crippen molar-refractivity contribution in [2.75, 3.05) is 0 Å². The molecule has 0 fully saturated rings. The summed E-state index contributed by atoms with van der Waals surface area (Å²) in [5.41, 5.74) is 0.497. The van der Waals surface area contributed by atoms with Gasteiger partial charge >= 0.3 is 5.97 Å². The molecule has 0 bridgehead atoms. The Kier molecular flexibility index (Phi) is 4.99. The first-order chi connectivity index (χ1) is 12.4. The quantitative estimate of drug-likeness (QED) is 0.738. The lowest BCUT2D eigenvalue weighted by atomic mass is 10.1. The lowest BCUT2D eigenvalue weighted by molar-refractivity contribution is -0.137. The van der Waals surface area contributed by atoms with Crippen molar-refractivity contribution >= 4 is 17.6 Å². The second-order valence-electron chi connectivity index (χ2n) is 5.32. The second-order valence-corrected chi connectivity index (χ2v) is 5.75. The standard InChI is InChI=1S/C18H12ClFN2O4/c19-12-8-15(20)17(21-9-12)26-13-5-3-11(4-6-13)14-2-1-7-22(18(14)25)10-16(23)24/h1-9H,10H2,(H,23,24). The molecule has 6 nitrogen and oxygen atoms in total. The highest BCUT2D eigenvalue weighted by Crippen LogP contribution is 2.26. The molecule has 0 aliphatic carbocycles. The smallest absolute Gasteiger partial charge is 0.323 e. The van der Waals surface area contributed by atoms with Crippen LogP contribution in [-0.2, 0) is 11.3 Å². The molecule has 132 valence electrons. The fourth-order valence-electron chi connectivity index (χ4n) is 2.32. The SMILES string of the molecule is O=C(O)Cn1cccc(-c2ccc(Oc3ncc(Cl)cc3F)cc2)c1=O. The van der Waals surface area contributed by atoms with Crippen molar-refractivity contribution < 1.29 is 19.0 Å². The molecule has 3 aromatic rings. The Morgan fingerprint density at radius 1 is 1.27 bits per heavy atom. The molecular weight excluding hydrogens is 363 g/mol. The van der Waals surface area contributed by atoms with Crippen LogP contribution in [0, 0.1) is 5.82 Å². The van der Waals surface area contributed by atoms with Gasteiger partial charge in [-0.25, -0.2) is 9.37 Å². The fraction of sp³-hybridized carbons (Fsp3) is 0.0556. The molecule has 8 heteroatoms. The number of ether oxygens (including phenoxy) is 1. The Morgan fingerprint density at radius 3 is 2.65 bits per heavy atom. The van der Waals surface area contributed by atoms with E-state index in [4.69, 9.17) is 21.4 Å². The molecule has 2 heterocycles. The van der Waals surface area contributed by atoms with Crippen LogP contribution in [0.25, 0.3) is 11.1 Å². The number of carboxylic acid groups (broad SMARTS) is 1. The van der Waals surface area contributed by atoms with Gasteiger partial charge in [0.25, 0.3) is 11.4 Å². The number of aliphatic carboxylic acids is 1. The molecule has 1 aromatic carbocycles. The molecule has 0 spiro atoms. The van der Waals surface area contributed by atoms with E-state index in [0.29, 0.717) is 16.9 Å². The number of carbonyl (C=O) groups is 1. The minimum atomic E-state index is -1.11. The van der Waals surface area contributed by atoms with Crippen molar-refractivity contribution in [3.8, 4) is 22.8 Å². The number of hydrogen-bond donors (Lipinski definition) is 1. The molecule has 26 heavy (non-hydrogen) atoms. The Bertz CT molecular complexity index is 1020. The van der Waals surface area contributed by atoms with Gasteiger partial charge in [0.15, 0.2) is 5.82 Å². The van der Waals surface area contributed by atoms with Gasteiger partial charge in [-0.1, -0.05) is 23.7 Å². The van der Waals surface area contributed by atoms with Crippen molar-refractivity contribution in [2.45, 2.75) is 6.54 Å². The van der Waals surface area contributed by atoms with E-state index >= 15 is 0 Å². The number of carboxylic acids is 1. The van der Waals surface area contributed by atoms with Gasteiger partial charge in [0.2, 0.25) is 0 Å². The second kappa shape index (κ2) is 7.37. The van der Waals surface area contributed by atoms with Gasteiger partial charge in [-0.2, -0.15) is 0 Å². The molecule has 3 rings (SSSR count). The largest absolute Gasteiger partial charge is 0.480 e. The molecule has 0 radical (unpaired) electrons. The van der Waals surface area contributed by atoms with Crippen LogP contribution in [0.15, 0.2) is 59.7 Å². The minimum Gasteiger partial charge on any atom is -0.480 e. The number of rotatable bonds is 5. The van der Waals surface area contributed by atoms with E-state index in [2.05, 4.69) is 4.98 Å². The molecule has 0 aliphatic heterocycles. The fourth-order valence-corrected chi connectivity index (χ4v) is 2.46.